The number of nitrogens with two attached hydrogens (primary N) is 1. The number of halogens is 2. The number of anilines is 1. The molecular weight excluding hydrogens is 348 g/mol. The molecule has 0 spiro atoms. The van der Waals surface area contributed by atoms with Gasteiger partial charge in [-0.2, -0.15) is 0 Å². The van der Waals surface area contributed by atoms with E-state index in [-0.39, 0.29) is 23.1 Å². The van der Waals surface area contributed by atoms with Crippen LogP contribution in [0.1, 0.15) is 10.4 Å². The van der Waals surface area contributed by atoms with Crippen molar-refractivity contribution in [2.45, 2.75) is 6.54 Å². The van der Waals surface area contributed by atoms with Crippen molar-refractivity contribution in [1.29, 1.82) is 0 Å². The van der Waals surface area contributed by atoms with Gasteiger partial charge < -0.3 is 15.1 Å². The molecule has 1 aliphatic rings. The van der Waals surface area contributed by atoms with Gasteiger partial charge in [-0.1, -0.05) is 0 Å². The average molecular weight is 367 g/mol. The highest BCUT2D eigenvalue weighted by atomic mass is 19.1. The highest BCUT2D eigenvalue weighted by Gasteiger charge is 2.19. The minimum absolute atomic E-state index is 0.104. The summed E-state index contributed by atoms with van der Waals surface area (Å²) in [5.41, 5.74) is 2.00. The smallest absolute Gasteiger partial charge is 0.341 e. The summed E-state index contributed by atoms with van der Waals surface area (Å²) in [6.45, 7) is 1.46. The molecule has 1 aliphatic heterocycles. The Balaban J connectivity index is 2.05. The molecule has 8 nitrogen and oxygen atoms in total. The second kappa shape index (κ2) is 7.36. The van der Waals surface area contributed by atoms with E-state index in [1.807, 2.05) is 0 Å². The standard InChI is InChI=1S/C16H19F2N5O3/c17-1-2-21-9-11(16(25)26)15(24)10-7-12(18)13(8-14(10)21)20-23-5-3-22(19)4-6-23/h7-9,20H,1-6,19H2,(H,25,26). The summed E-state index contributed by atoms with van der Waals surface area (Å²) in [5.74, 6) is 3.55. The van der Waals surface area contributed by atoms with Crippen LogP contribution in [0.3, 0.4) is 0 Å². The number of benzene rings is 1. The predicted molar refractivity (Wildman–Crippen MR) is 92.1 cm³/mol. The van der Waals surface area contributed by atoms with E-state index in [0.717, 1.165) is 12.3 Å². The van der Waals surface area contributed by atoms with E-state index in [4.69, 9.17) is 10.9 Å². The molecule has 0 bridgehead atoms. The van der Waals surface area contributed by atoms with Crippen molar-refractivity contribution in [1.82, 2.24) is 14.6 Å². The number of nitrogens with zero attached hydrogens (tertiary/aromatic N) is 3. The summed E-state index contributed by atoms with van der Waals surface area (Å²) in [4.78, 5) is 23.5. The quantitative estimate of drug-likeness (QED) is 0.666. The van der Waals surface area contributed by atoms with Crippen LogP contribution in [0.5, 0.6) is 0 Å². The zero-order chi connectivity index (χ0) is 18.8. The topological polar surface area (TPSA) is 104 Å². The van der Waals surface area contributed by atoms with Crippen LogP contribution in [-0.4, -0.2) is 58.5 Å². The third-order valence-electron chi connectivity index (χ3n) is 4.32. The second-order valence-electron chi connectivity index (χ2n) is 6.04. The van der Waals surface area contributed by atoms with Gasteiger partial charge in [-0.15, -0.1) is 0 Å². The van der Waals surface area contributed by atoms with Crippen molar-refractivity contribution < 1.29 is 18.7 Å². The van der Waals surface area contributed by atoms with Gasteiger partial charge in [0.1, 0.15) is 18.1 Å². The molecular formula is C16H19F2N5O3. The Hall–Kier alpha value is -2.56. The Kier molecular flexibility index (Phi) is 5.16. The van der Waals surface area contributed by atoms with E-state index >= 15 is 0 Å². The van der Waals surface area contributed by atoms with Crippen LogP contribution in [-0.2, 0) is 6.54 Å². The third kappa shape index (κ3) is 3.52. The van der Waals surface area contributed by atoms with Crippen molar-refractivity contribution in [3.63, 3.8) is 0 Å². The van der Waals surface area contributed by atoms with Crippen LogP contribution in [0.25, 0.3) is 10.9 Å². The number of aryl methyl sites for hydroxylation is 1. The zero-order valence-electron chi connectivity index (χ0n) is 13.9. The molecule has 0 amide bonds. The number of hydrogen-bond donors (Lipinski definition) is 3. The van der Waals surface area contributed by atoms with Gasteiger partial charge in [0.05, 0.1) is 17.7 Å². The number of carbonyl (C=O) groups is 1. The Labute approximate surface area is 147 Å². The number of carboxylic acids is 1. The first-order valence-corrected chi connectivity index (χ1v) is 8.08. The normalized spacial score (nSPS) is 16.1. The largest absolute Gasteiger partial charge is 0.477 e. The van der Waals surface area contributed by atoms with Gasteiger partial charge in [0.15, 0.2) is 0 Å². The lowest BCUT2D eigenvalue weighted by Gasteiger charge is -2.32. The number of carboxylic acid groups (broad SMARTS) is 1. The van der Waals surface area contributed by atoms with Crippen LogP contribution in [0.2, 0.25) is 0 Å². The summed E-state index contributed by atoms with van der Waals surface area (Å²) in [7, 11) is 0. The van der Waals surface area contributed by atoms with Gasteiger partial charge in [-0.05, 0) is 12.1 Å². The van der Waals surface area contributed by atoms with Crippen LogP contribution < -0.4 is 16.7 Å². The van der Waals surface area contributed by atoms with E-state index in [0.29, 0.717) is 26.2 Å². The Morgan fingerprint density at radius 1 is 1.27 bits per heavy atom. The van der Waals surface area contributed by atoms with Gasteiger partial charge in [0.2, 0.25) is 5.43 Å². The lowest BCUT2D eigenvalue weighted by atomic mass is 10.1. The molecule has 140 valence electrons. The van der Waals surface area contributed by atoms with Crippen LogP contribution >= 0.6 is 0 Å². The summed E-state index contributed by atoms with van der Waals surface area (Å²) in [6, 6.07) is 2.38. The number of aromatic nitrogens is 1. The molecule has 2 aromatic rings. The van der Waals surface area contributed by atoms with Gasteiger partial charge in [-0.3, -0.25) is 10.6 Å². The van der Waals surface area contributed by atoms with Gasteiger partial charge in [0, 0.05) is 37.8 Å². The monoisotopic (exact) mass is 367 g/mol. The van der Waals surface area contributed by atoms with Gasteiger partial charge in [-0.25, -0.2) is 23.6 Å². The molecule has 1 saturated heterocycles. The number of piperazine rings is 1. The van der Waals surface area contributed by atoms with Crippen LogP contribution in [0, 0.1) is 5.82 Å². The molecule has 0 radical (unpaired) electrons. The van der Waals surface area contributed by atoms with E-state index < -0.39 is 29.5 Å². The van der Waals surface area contributed by atoms with Crippen molar-refractivity contribution in [2.75, 3.05) is 38.3 Å². The van der Waals surface area contributed by atoms with E-state index in [2.05, 4.69) is 5.43 Å². The first kappa shape index (κ1) is 18.2. The highest BCUT2D eigenvalue weighted by Crippen LogP contribution is 2.23. The molecule has 3 rings (SSSR count). The number of hydrogen-bond acceptors (Lipinski definition) is 6. The fraction of sp³-hybridized carbons (Fsp3) is 0.375. The van der Waals surface area contributed by atoms with E-state index in [9.17, 15) is 18.4 Å². The molecule has 4 N–H and O–H groups in total. The SMILES string of the molecule is NN1CCN(Nc2cc3c(cc2F)c(=O)c(C(=O)O)cn3CCF)CC1. The minimum atomic E-state index is -1.44. The fourth-order valence-corrected chi connectivity index (χ4v) is 2.93. The van der Waals surface area contributed by atoms with Crippen LogP contribution in [0.15, 0.2) is 23.1 Å². The molecule has 0 unspecified atom stereocenters. The first-order chi connectivity index (χ1) is 12.4. The molecule has 0 atom stereocenters. The maximum atomic E-state index is 14.5. The summed E-state index contributed by atoms with van der Waals surface area (Å²) < 4.78 is 28.7. The zero-order valence-corrected chi connectivity index (χ0v) is 13.9. The summed E-state index contributed by atoms with van der Waals surface area (Å²) >= 11 is 0. The second-order valence-corrected chi connectivity index (χ2v) is 6.04. The first-order valence-electron chi connectivity index (χ1n) is 8.08. The van der Waals surface area contributed by atoms with Crippen molar-refractivity contribution in [3.05, 3.63) is 39.9 Å². The highest BCUT2D eigenvalue weighted by molar-refractivity contribution is 5.93. The average Bonchev–Trinajstić information content (AvgIpc) is 2.60. The maximum Gasteiger partial charge on any atom is 0.341 e. The molecule has 0 aliphatic carbocycles. The predicted octanol–water partition coefficient (Wildman–Crippen LogP) is 0.626. The van der Waals surface area contributed by atoms with Crippen LogP contribution in [0.4, 0.5) is 14.5 Å². The molecule has 0 saturated carbocycles. The van der Waals surface area contributed by atoms with E-state index in [1.165, 1.54) is 10.6 Å². The summed E-state index contributed by atoms with van der Waals surface area (Å²) in [6.07, 6.45) is 1.08. The molecule has 1 fully saturated rings. The van der Waals surface area contributed by atoms with E-state index in [1.54, 1.807) is 10.0 Å². The molecule has 10 heteroatoms. The summed E-state index contributed by atoms with van der Waals surface area (Å²) in [5, 5.41) is 12.5. The molecule has 1 aromatic heterocycles. The number of hydrazine groups is 2. The number of rotatable bonds is 5. The number of aromatic carboxylic acids is 1. The lowest BCUT2D eigenvalue weighted by molar-refractivity contribution is 0.0694. The Morgan fingerprint density at radius 3 is 2.58 bits per heavy atom. The Bertz CT molecular complexity index is 894. The fourth-order valence-electron chi connectivity index (χ4n) is 2.93. The maximum absolute atomic E-state index is 14.5. The third-order valence-corrected chi connectivity index (χ3v) is 4.32. The minimum Gasteiger partial charge on any atom is -0.477 e. The lowest BCUT2D eigenvalue weighted by Crippen LogP contribution is -2.51. The van der Waals surface area contributed by atoms with Crippen molar-refractivity contribution in [2.24, 2.45) is 5.84 Å². The molecule has 2 heterocycles. The van der Waals surface area contributed by atoms with Crippen molar-refractivity contribution >= 4 is 22.6 Å². The number of pyridine rings is 1. The number of alkyl halides is 1. The Morgan fingerprint density at radius 2 is 1.96 bits per heavy atom. The molecule has 1 aromatic carbocycles. The van der Waals surface area contributed by atoms with Gasteiger partial charge >= 0.3 is 5.97 Å². The number of fused-ring (bicyclic) bond motifs is 1. The van der Waals surface area contributed by atoms with Gasteiger partial charge in [0.25, 0.3) is 0 Å². The van der Waals surface area contributed by atoms with Crippen molar-refractivity contribution in [3.8, 4) is 0 Å². The number of nitrogens with one attached hydrogen (secondary N) is 1. The molecule has 26 heavy (non-hydrogen) atoms.